The Bertz CT molecular complexity index is 1990. The maximum atomic E-state index is 13.5. The fourth-order valence-electron chi connectivity index (χ4n) is 7.58. The highest BCUT2D eigenvalue weighted by Gasteiger charge is 2.57. The molecule has 3 saturated heterocycles. The van der Waals surface area contributed by atoms with Crippen molar-refractivity contribution < 1.29 is 63.6 Å². The number of thioether (sulfide) groups is 1. The highest BCUT2D eigenvalue weighted by Crippen LogP contribution is 2.46. The van der Waals surface area contributed by atoms with E-state index in [1.165, 1.54) is 29.3 Å². The van der Waals surface area contributed by atoms with E-state index in [2.05, 4.69) is 20.8 Å². The molecule has 4 aliphatic heterocycles. The summed E-state index contributed by atoms with van der Waals surface area (Å²) in [5.74, 6) is -7.46. The number of nitrogen functional groups attached to an aromatic ring is 1. The third-order valence-corrected chi connectivity index (χ3v) is 12.6. The van der Waals surface area contributed by atoms with Crippen LogP contribution in [0, 0.1) is 0 Å². The number of aromatic hydroxyl groups is 2. The monoisotopic (exact) mass is 808 g/mol. The topological polar surface area (TPSA) is 291 Å². The Balaban J connectivity index is 1.15. The molecule has 1 unspecified atom stereocenters. The van der Waals surface area contributed by atoms with Gasteiger partial charge in [0.15, 0.2) is 22.3 Å². The van der Waals surface area contributed by atoms with Crippen LogP contribution in [0.15, 0.2) is 33.9 Å². The molecule has 288 valence electrons. The molecule has 3 fully saturated rings. The molecule has 6 rings (SSSR count). The second kappa shape index (κ2) is 15.0. The van der Waals surface area contributed by atoms with Crippen LogP contribution in [0.2, 0.25) is 5.02 Å². The minimum Gasteiger partial charge on any atom is -0.504 e. The molecule has 0 spiro atoms. The van der Waals surface area contributed by atoms with Crippen molar-refractivity contribution in [3.8, 4) is 11.5 Å². The number of thiazole rings is 1. The number of aromatic nitrogens is 1. The van der Waals surface area contributed by atoms with Crippen LogP contribution in [0.25, 0.3) is 0 Å². The van der Waals surface area contributed by atoms with Crippen molar-refractivity contribution in [3.63, 3.8) is 0 Å². The first kappa shape index (κ1) is 38.6. The van der Waals surface area contributed by atoms with Gasteiger partial charge in [-0.1, -0.05) is 16.8 Å². The highest BCUT2D eigenvalue weighted by molar-refractivity contribution is 8.00. The van der Waals surface area contributed by atoms with E-state index in [1.807, 2.05) is 7.05 Å². The lowest BCUT2D eigenvalue weighted by Crippen LogP contribution is -2.71. The number of nitrogens with two attached hydrogens (primary N) is 1. The molecule has 4 aliphatic rings. The Morgan fingerprint density at radius 2 is 1.81 bits per heavy atom. The Hall–Kier alpha value is -5.12. The van der Waals surface area contributed by atoms with Crippen LogP contribution in [0.4, 0.5) is 5.13 Å². The number of oxime groups is 1. The van der Waals surface area contributed by atoms with E-state index in [4.69, 9.17) is 27.3 Å². The average molecular weight is 809 g/mol. The van der Waals surface area contributed by atoms with Gasteiger partial charge in [0.25, 0.3) is 17.7 Å². The molecule has 2 bridgehead atoms. The van der Waals surface area contributed by atoms with Crippen molar-refractivity contribution in [1.29, 1.82) is 0 Å². The van der Waals surface area contributed by atoms with Crippen LogP contribution in [0.3, 0.4) is 0 Å². The molecule has 19 nitrogen and oxygen atoms in total. The van der Waals surface area contributed by atoms with Gasteiger partial charge in [-0.05, 0) is 12.1 Å². The largest absolute Gasteiger partial charge is 0.504 e. The van der Waals surface area contributed by atoms with Crippen molar-refractivity contribution in [1.82, 2.24) is 20.5 Å². The van der Waals surface area contributed by atoms with E-state index in [0.29, 0.717) is 29.4 Å². The number of nitrogens with zero attached hydrogens (tertiary/aromatic N) is 4. The number of carboxylic acids is 3. The van der Waals surface area contributed by atoms with Crippen molar-refractivity contribution in [2.24, 2.45) is 5.16 Å². The Labute approximate surface area is 319 Å². The van der Waals surface area contributed by atoms with Crippen LogP contribution >= 0.6 is 34.7 Å². The van der Waals surface area contributed by atoms with Crippen molar-refractivity contribution in [2.45, 2.75) is 67.7 Å². The molecule has 22 heteroatoms. The van der Waals surface area contributed by atoms with Crippen LogP contribution < -0.4 is 16.4 Å². The number of fused-ring (bicyclic) bond motifs is 3. The number of carboxylic acid groups (broad SMARTS) is 3. The number of phenols is 2. The first-order valence-electron chi connectivity index (χ1n) is 16.5. The van der Waals surface area contributed by atoms with E-state index < -0.39 is 76.8 Å². The molecular weight excluding hydrogens is 774 g/mol. The van der Waals surface area contributed by atoms with E-state index in [0.717, 1.165) is 29.1 Å². The summed E-state index contributed by atoms with van der Waals surface area (Å²) in [5, 5.41) is 57.7. The standard InChI is InChI=1S/C32H34ClN7O12S2/c1-40(14-2-3-15(40)7-13(6-14)35-26(45)16-4-5-18(41)25(44)21(16)33)9-12-10-53-29-23(28(47)39(29)24(12)31(50)51)37-27(46)22(17-11-54-32(34)36-17)38-52-19(30(48)49)8-20(42)43/h4-5,11,13-15,19,23,29H,2-3,6-10H2,1H3,(H8-,34,35,36,37,38,41,42,43,44,45,46,48,49,50,51)/p+1/t13-,14+,15-,19-,23+,29+,40?/m0/s1. The zero-order chi connectivity index (χ0) is 39.2. The first-order chi connectivity index (χ1) is 25.5. The molecule has 0 saturated carbocycles. The number of likely N-dealkylation sites (N-methyl/N-ethyl adjacent to an activating group) is 1. The lowest BCUT2D eigenvalue weighted by atomic mass is 9.92. The van der Waals surface area contributed by atoms with Gasteiger partial charge in [0.1, 0.15) is 29.4 Å². The predicted octanol–water partition coefficient (Wildman–Crippen LogP) is 0.747. The number of rotatable bonds is 13. The summed E-state index contributed by atoms with van der Waals surface area (Å²) in [5.41, 5.74) is 5.39. The molecule has 54 heavy (non-hydrogen) atoms. The highest BCUT2D eigenvalue weighted by atomic mass is 35.5. The number of hydrogen-bond acceptors (Lipinski definition) is 14. The van der Waals surface area contributed by atoms with Gasteiger partial charge in [-0.15, -0.1) is 23.1 Å². The number of hydrogen-bond donors (Lipinski definition) is 8. The molecule has 0 radical (unpaired) electrons. The van der Waals surface area contributed by atoms with Gasteiger partial charge in [-0.2, -0.15) is 0 Å². The molecule has 7 atom stereocenters. The molecule has 5 heterocycles. The van der Waals surface area contributed by atoms with E-state index in [1.54, 1.807) is 0 Å². The zero-order valence-corrected chi connectivity index (χ0v) is 30.7. The third-order valence-electron chi connectivity index (χ3n) is 10.2. The number of benzene rings is 1. The van der Waals surface area contributed by atoms with Gasteiger partial charge in [0.2, 0.25) is 6.10 Å². The molecule has 2 aromatic rings. The summed E-state index contributed by atoms with van der Waals surface area (Å²) in [7, 11) is 2.04. The molecule has 1 aromatic heterocycles. The summed E-state index contributed by atoms with van der Waals surface area (Å²) in [6.07, 6.45) is -0.0691. The second-order valence-electron chi connectivity index (χ2n) is 13.5. The van der Waals surface area contributed by atoms with E-state index >= 15 is 0 Å². The number of amides is 3. The number of phenolic OH excluding ortho intramolecular Hbond substituents is 2. The minimum atomic E-state index is -1.94. The van der Waals surface area contributed by atoms with Gasteiger partial charge in [-0.25, -0.2) is 14.6 Å². The van der Waals surface area contributed by atoms with Gasteiger partial charge < -0.3 is 51.2 Å². The summed E-state index contributed by atoms with van der Waals surface area (Å²) >= 11 is 8.30. The lowest BCUT2D eigenvalue weighted by molar-refractivity contribution is -0.944. The number of piperidine rings is 1. The quantitative estimate of drug-likeness (QED) is 0.0456. The maximum Gasteiger partial charge on any atom is 0.352 e. The normalized spacial score (nSPS) is 26.7. The maximum absolute atomic E-state index is 13.5. The lowest BCUT2D eigenvalue weighted by Gasteiger charge is -2.52. The number of quaternary nitrogens is 1. The van der Waals surface area contributed by atoms with Gasteiger partial charge in [0, 0.05) is 48.4 Å². The van der Waals surface area contributed by atoms with Crippen molar-refractivity contribution in [2.75, 3.05) is 25.1 Å². The SMILES string of the molecule is C[N+]1(CC2=C(C(=O)O)N3C(=O)[C@@H](NC(=O)/C(=N\O[C@@H](CC(=O)O)C(=O)O)c4csc(N)n4)[C@H]3SC2)[C@@H]2CC[C@H]1C[C@@H](NC(=O)c1ccc(O)c(O)c1Cl)C2. The smallest absolute Gasteiger partial charge is 0.352 e. The molecule has 0 aliphatic carbocycles. The summed E-state index contributed by atoms with van der Waals surface area (Å²) in [6.45, 7) is 0.330. The van der Waals surface area contributed by atoms with Crippen molar-refractivity contribution >= 4 is 81.2 Å². The number of halogens is 1. The number of aliphatic carboxylic acids is 3. The number of nitrogens with one attached hydrogen (secondary N) is 2. The number of carbonyl (C=O) groups is 6. The van der Waals surface area contributed by atoms with Crippen LogP contribution in [0.1, 0.15) is 48.2 Å². The first-order valence-corrected chi connectivity index (χ1v) is 18.8. The minimum absolute atomic E-state index is 0.0214. The van der Waals surface area contributed by atoms with Gasteiger partial charge >= 0.3 is 17.9 Å². The summed E-state index contributed by atoms with van der Waals surface area (Å²) in [6, 6.07) is 1.19. The summed E-state index contributed by atoms with van der Waals surface area (Å²) < 4.78 is 0.502. The van der Waals surface area contributed by atoms with Crippen LogP contribution in [-0.4, -0.2) is 136 Å². The number of carbonyl (C=O) groups excluding carboxylic acids is 3. The fourth-order valence-corrected chi connectivity index (χ4v) is 9.71. The van der Waals surface area contributed by atoms with Crippen LogP contribution in [-0.2, 0) is 28.8 Å². The Kier molecular flexibility index (Phi) is 10.7. The molecule has 9 N–H and O–H groups in total. The Morgan fingerprint density at radius 3 is 2.41 bits per heavy atom. The average Bonchev–Trinajstić information content (AvgIpc) is 3.57. The van der Waals surface area contributed by atoms with E-state index in [9.17, 15) is 49.2 Å². The zero-order valence-electron chi connectivity index (χ0n) is 28.3. The van der Waals surface area contributed by atoms with Gasteiger partial charge in [0.05, 0.1) is 36.1 Å². The fraction of sp³-hybridized carbons (Fsp3) is 0.438. The number of β-lactam (4-membered cyclic amide) rings is 1. The molecule has 1 aromatic carbocycles. The van der Waals surface area contributed by atoms with Crippen molar-refractivity contribution in [3.05, 3.63) is 45.1 Å². The second-order valence-corrected chi connectivity index (χ2v) is 15.9. The molecular formula is C32H35ClN7O12S2+. The Morgan fingerprint density at radius 1 is 1.13 bits per heavy atom. The summed E-state index contributed by atoms with van der Waals surface area (Å²) in [4.78, 5) is 85.3. The van der Waals surface area contributed by atoms with Crippen LogP contribution in [0.5, 0.6) is 11.5 Å². The molecule has 3 amide bonds. The predicted molar refractivity (Wildman–Crippen MR) is 191 cm³/mol. The van der Waals surface area contributed by atoms with E-state index in [-0.39, 0.29) is 51.0 Å². The number of anilines is 1. The third kappa shape index (κ3) is 7.22. The van der Waals surface area contributed by atoms with Gasteiger partial charge in [-0.3, -0.25) is 24.1 Å².